The molecular weight excluding hydrogens is 214 g/mol. The summed E-state index contributed by atoms with van der Waals surface area (Å²) >= 11 is 0. The van der Waals surface area contributed by atoms with Crippen LogP contribution in [0.4, 0.5) is 0 Å². The van der Waals surface area contributed by atoms with E-state index in [1.54, 1.807) is 0 Å². The molecule has 0 aromatic heterocycles. The van der Waals surface area contributed by atoms with E-state index in [0.29, 0.717) is 24.2 Å². The van der Waals surface area contributed by atoms with Crippen LogP contribution < -0.4 is 5.73 Å². The molecule has 4 unspecified atom stereocenters. The highest BCUT2D eigenvalue weighted by Crippen LogP contribution is 2.54. The first-order valence-electron chi connectivity index (χ1n) is 6.45. The van der Waals surface area contributed by atoms with Crippen molar-refractivity contribution in [3.05, 3.63) is 23.5 Å². The minimum atomic E-state index is -0.382. The van der Waals surface area contributed by atoms with Gasteiger partial charge in [0.1, 0.15) is 18.1 Å². The highest BCUT2D eigenvalue weighted by atomic mass is 16.5. The molecule has 1 saturated heterocycles. The van der Waals surface area contributed by atoms with Crippen LogP contribution in [0.2, 0.25) is 0 Å². The molecule has 3 heteroatoms. The van der Waals surface area contributed by atoms with Gasteiger partial charge in [-0.05, 0) is 31.3 Å². The Morgan fingerprint density at radius 1 is 1.65 bits per heavy atom. The number of hydrogen-bond donors (Lipinski definition) is 1. The van der Waals surface area contributed by atoms with Gasteiger partial charge in [0.15, 0.2) is 0 Å². The minimum Gasteiger partial charge on any atom is -0.494 e. The van der Waals surface area contributed by atoms with Gasteiger partial charge in [-0.1, -0.05) is 12.2 Å². The maximum absolute atomic E-state index is 10.6. The van der Waals surface area contributed by atoms with E-state index in [1.807, 2.05) is 0 Å². The molecule has 1 heterocycles. The summed E-state index contributed by atoms with van der Waals surface area (Å²) in [5.41, 5.74) is 7.06. The van der Waals surface area contributed by atoms with Crippen LogP contribution in [0, 0.1) is 17.8 Å². The standard InChI is InChI=1S/C14H19NO2/c1-8-12-4-2-3-9-5-11(6-10(15)7-16)17-14(8)13(9)12/h2,4,7,9-13H,3,5-6,15H2,1H3/t9?,10?,11?,12?,13-/m0/s1. The average molecular weight is 233 g/mol. The number of ether oxygens (including phenoxy) is 1. The first kappa shape index (κ1) is 11.0. The van der Waals surface area contributed by atoms with Crippen LogP contribution in [0.15, 0.2) is 23.5 Å². The number of nitrogens with two attached hydrogens (primary N) is 1. The second-order valence-corrected chi connectivity index (χ2v) is 5.53. The highest BCUT2D eigenvalue weighted by Gasteiger charge is 2.48. The Kier molecular flexibility index (Phi) is 2.58. The van der Waals surface area contributed by atoms with E-state index in [0.717, 1.165) is 19.1 Å². The minimum absolute atomic E-state index is 0.133. The van der Waals surface area contributed by atoms with Crippen molar-refractivity contribution in [2.45, 2.75) is 38.3 Å². The SMILES string of the molecule is CC1=C2OC(CC(N)C=O)CC3CC=CC1[C@@H]23. The summed E-state index contributed by atoms with van der Waals surface area (Å²) in [5.74, 6) is 3.12. The number of carbonyl (C=O) groups excluding carboxylic acids is 1. The van der Waals surface area contributed by atoms with E-state index in [9.17, 15) is 4.79 Å². The molecule has 0 amide bonds. The first-order valence-corrected chi connectivity index (χ1v) is 6.45. The third kappa shape index (κ3) is 1.64. The molecule has 5 atom stereocenters. The van der Waals surface area contributed by atoms with Crippen molar-refractivity contribution in [1.82, 2.24) is 0 Å². The van der Waals surface area contributed by atoms with Gasteiger partial charge in [-0.15, -0.1) is 0 Å². The third-order valence-corrected chi connectivity index (χ3v) is 4.44. The maximum Gasteiger partial charge on any atom is 0.136 e. The van der Waals surface area contributed by atoms with E-state index in [1.165, 1.54) is 11.3 Å². The summed E-state index contributed by atoms with van der Waals surface area (Å²) in [5, 5.41) is 0. The number of hydrogen-bond acceptors (Lipinski definition) is 3. The Labute approximate surface area is 102 Å². The smallest absolute Gasteiger partial charge is 0.136 e. The van der Waals surface area contributed by atoms with Crippen molar-refractivity contribution in [3.8, 4) is 0 Å². The predicted octanol–water partition coefficient (Wildman–Crippen LogP) is 1.79. The van der Waals surface area contributed by atoms with Crippen LogP contribution in [0.3, 0.4) is 0 Å². The molecule has 92 valence electrons. The number of carbonyl (C=O) groups is 1. The summed E-state index contributed by atoms with van der Waals surface area (Å²) in [7, 11) is 0. The van der Waals surface area contributed by atoms with Gasteiger partial charge in [-0.3, -0.25) is 0 Å². The van der Waals surface area contributed by atoms with E-state index in [4.69, 9.17) is 10.5 Å². The van der Waals surface area contributed by atoms with Crippen LogP contribution in [0.5, 0.6) is 0 Å². The Morgan fingerprint density at radius 2 is 2.47 bits per heavy atom. The Hall–Kier alpha value is -1.09. The van der Waals surface area contributed by atoms with Crippen molar-refractivity contribution < 1.29 is 9.53 Å². The quantitative estimate of drug-likeness (QED) is 0.597. The lowest BCUT2D eigenvalue weighted by Crippen LogP contribution is -2.45. The van der Waals surface area contributed by atoms with Gasteiger partial charge >= 0.3 is 0 Å². The van der Waals surface area contributed by atoms with Gasteiger partial charge < -0.3 is 15.3 Å². The number of rotatable bonds is 3. The fourth-order valence-corrected chi connectivity index (χ4v) is 3.56. The van der Waals surface area contributed by atoms with Crippen molar-refractivity contribution in [3.63, 3.8) is 0 Å². The van der Waals surface area contributed by atoms with Gasteiger partial charge in [0.2, 0.25) is 0 Å². The van der Waals surface area contributed by atoms with Gasteiger partial charge in [-0.25, -0.2) is 0 Å². The lowest BCUT2D eigenvalue weighted by Gasteiger charge is -2.51. The van der Waals surface area contributed by atoms with Gasteiger partial charge in [0, 0.05) is 18.3 Å². The second kappa shape index (κ2) is 3.98. The molecule has 0 bridgehead atoms. The molecule has 1 fully saturated rings. The molecule has 2 N–H and O–H groups in total. The van der Waals surface area contributed by atoms with E-state index < -0.39 is 0 Å². The lowest BCUT2D eigenvalue weighted by atomic mass is 9.61. The summed E-state index contributed by atoms with van der Waals surface area (Å²) < 4.78 is 6.01. The maximum atomic E-state index is 10.6. The summed E-state index contributed by atoms with van der Waals surface area (Å²) in [4.78, 5) is 10.6. The molecule has 0 saturated carbocycles. The lowest BCUT2D eigenvalue weighted by molar-refractivity contribution is -0.110. The molecule has 2 aliphatic carbocycles. The van der Waals surface area contributed by atoms with Crippen molar-refractivity contribution in [1.29, 1.82) is 0 Å². The zero-order valence-electron chi connectivity index (χ0n) is 10.1. The molecule has 0 spiro atoms. The van der Waals surface area contributed by atoms with Crippen LogP contribution in [-0.4, -0.2) is 18.4 Å². The molecule has 0 aromatic carbocycles. The van der Waals surface area contributed by atoms with Crippen LogP contribution in [0.1, 0.15) is 26.2 Å². The monoisotopic (exact) mass is 233 g/mol. The topological polar surface area (TPSA) is 52.3 Å². The zero-order valence-corrected chi connectivity index (χ0v) is 10.1. The van der Waals surface area contributed by atoms with E-state index in [2.05, 4.69) is 19.1 Å². The Morgan fingerprint density at radius 3 is 3.24 bits per heavy atom. The Balaban J connectivity index is 1.76. The summed E-state index contributed by atoms with van der Waals surface area (Å²) in [6.45, 7) is 2.16. The molecule has 3 aliphatic rings. The molecule has 0 aromatic rings. The van der Waals surface area contributed by atoms with Crippen molar-refractivity contribution in [2.24, 2.45) is 23.5 Å². The van der Waals surface area contributed by atoms with Crippen LogP contribution >= 0.6 is 0 Å². The van der Waals surface area contributed by atoms with Crippen LogP contribution in [-0.2, 0) is 9.53 Å². The summed E-state index contributed by atoms with van der Waals surface area (Å²) in [6.07, 6.45) is 8.42. The second-order valence-electron chi connectivity index (χ2n) is 5.53. The molecule has 0 radical (unpaired) electrons. The largest absolute Gasteiger partial charge is 0.494 e. The summed E-state index contributed by atoms with van der Waals surface area (Å²) in [6, 6.07) is -0.382. The Bertz CT molecular complexity index is 399. The van der Waals surface area contributed by atoms with E-state index >= 15 is 0 Å². The van der Waals surface area contributed by atoms with Crippen LogP contribution in [0.25, 0.3) is 0 Å². The molecule has 3 nitrogen and oxygen atoms in total. The third-order valence-electron chi connectivity index (χ3n) is 4.44. The van der Waals surface area contributed by atoms with Gasteiger partial charge in [0.25, 0.3) is 0 Å². The normalized spacial score (nSPS) is 40.1. The molecular formula is C14H19NO2. The fraction of sp³-hybridized carbons (Fsp3) is 0.643. The number of aldehydes is 1. The molecule has 17 heavy (non-hydrogen) atoms. The average Bonchev–Trinajstić information content (AvgIpc) is 2.36. The predicted molar refractivity (Wildman–Crippen MR) is 65.1 cm³/mol. The highest BCUT2D eigenvalue weighted by molar-refractivity contribution is 5.57. The van der Waals surface area contributed by atoms with Crippen molar-refractivity contribution in [2.75, 3.05) is 0 Å². The zero-order chi connectivity index (χ0) is 12.0. The first-order chi connectivity index (χ1) is 8.20. The fourth-order valence-electron chi connectivity index (χ4n) is 3.56. The number of allylic oxidation sites excluding steroid dienone is 4. The molecule has 1 aliphatic heterocycles. The van der Waals surface area contributed by atoms with Crippen molar-refractivity contribution >= 4 is 6.29 Å². The molecule has 3 rings (SSSR count). The van der Waals surface area contributed by atoms with E-state index in [-0.39, 0.29) is 12.1 Å². The van der Waals surface area contributed by atoms with Gasteiger partial charge in [-0.2, -0.15) is 0 Å². The van der Waals surface area contributed by atoms with Gasteiger partial charge in [0.05, 0.1) is 6.04 Å².